The summed E-state index contributed by atoms with van der Waals surface area (Å²) in [6.45, 7) is 10.7. The van der Waals surface area contributed by atoms with E-state index in [0.717, 1.165) is 6.07 Å². The topological polar surface area (TPSA) is 119 Å². The van der Waals surface area contributed by atoms with Gasteiger partial charge in [-0.05, 0) is 50.6 Å². The molecule has 13 heteroatoms. The van der Waals surface area contributed by atoms with Crippen molar-refractivity contribution in [2.75, 3.05) is 10.7 Å². The number of halogens is 2. The Morgan fingerprint density at radius 2 is 1.80 bits per heavy atom. The van der Waals surface area contributed by atoms with Crippen molar-refractivity contribution < 1.29 is 27.1 Å². The molecule has 1 aromatic heterocycles. The van der Waals surface area contributed by atoms with Gasteiger partial charge in [-0.15, -0.1) is 10.2 Å². The van der Waals surface area contributed by atoms with Gasteiger partial charge >= 0.3 is 6.09 Å². The fourth-order valence-electron chi connectivity index (χ4n) is 3.98. The van der Waals surface area contributed by atoms with E-state index in [-0.39, 0.29) is 33.1 Å². The first-order chi connectivity index (χ1) is 18.4. The molecule has 1 atom stereocenters. The number of nitrogens with zero attached hydrogens (tertiary/aromatic N) is 3. The highest BCUT2D eigenvalue weighted by atomic mass is 35.5. The van der Waals surface area contributed by atoms with Gasteiger partial charge in [0.15, 0.2) is 14.8 Å². The molecule has 214 valence electrons. The van der Waals surface area contributed by atoms with Gasteiger partial charge < -0.3 is 15.0 Å². The first-order valence-corrected chi connectivity index (χ1v) is 15.3. The molecule has 2 amide bonds. The van der Waals surface area contributed by atoms with E-state index >= 15 is 4.39 Å². The number of amides is 2. The summed E-state index contributed by atoms with van der Waals surface area (Å²) in [5.41, 5.74) is -0.602. The van der Waals surface area contributed by atoms with Crippen molar-refractivity contribution in [3.63, 3.8) is 0 Å². The largest absolute Gasteiger partial charge is 0.444 e. The first kappa shape index (κ1) is 29.9. The van der Waals surface area contributed by atoms with Crippen LogP contribution < -0.4 is 10.2 Å². The summed E-state index contributed by atoms with van der Waals surface area (Å²) in [6, 6.07) is 7.37. The summed E-state index contributed by atoms with van der Waals surface area (Å²) in [4.78, 5) is 27.3. The van der Waals surface area contributed by atoms with E-state index in [2.05, 4.69) is 15.5 Å². The molecule has 2 aromatic carbocycles. The van der Waals surface area contributed by atoms with Crippen LogP contribution in [0.1, 0.15) is 52.1 Å². The second-order valence-electron chi connectivity index (χ2n) is 11.5. The highest BCUT2D eigenvalue weighted by molar-refractivity contribution is 7.91. The van der Waals surface area contributed by atoms with Crippen molar-refractivity contribution >= 4 is 50.5 Å². The van der Waals surface area contributed by atoms with Crippen LogP contribution in [0.15, 0.2) is 41.3 Å². The zero-order chi connectivity index (χ0) is 29.6. The number of carbonyl (C=O) groups excluding carboxylic acids is 2. The van der Waals surface area contributed by atoms with Gasteiger partial charge in [-0.2, -0.15) is 0 Å². The van der Waals surface area contributed by atoms with Gasteiger partial charge in [0.2, 0.25) is 0 Å². The smallest absolute Gasteiger partial charge is 0.408 e. The summed E-state index contributed by atoms with van der Waals surface area (Å²) in [7, 11) is -4.25. The Kier molecular flexibility index (Phi) is 8.00. The minimum atomic E-state index is -4.25. The van der Waals surface area contributed by atoms with Gasteiger partial charge in [-0.25, -0.2) is 17.6 Å². The summed E-state index contributed by atoms with van der Waals surface area (Å²) < 4.78 is 47.8. The van der Waals surface area contributed by atoms with Gasteiger partial charge in [0.25, 0.3) is 5.91 Å². The maximum Gasteiger partial charge on any atom is 0.408 e. The molecule has 0 aliphatic carbocycles. The number of nitrogens with one attached hydrogen (secondary N) is 1. The van der Waals surface area contributed by atoms with Crippen molar-refractivity contribution in [3.05, 3.63) is 57.8 Å². The summed E-state index contributed by atoms with van der Waals surface area (Å²) in [6.07, 6.45) is -0.950. The fraction of sp³-hybridized carbons (Fsp3) is 0.407. The average molecular weight is 609 g/mol. The quantitative estimate of drug-likeness (QED) is 0.415. The van der Waals surface area contributed by atoms with Crippen LogP contribution in [0.4, 0.5) is 14.9 Å². The molecule has 0 saturated heterocycles. The molecule has 0 spiro atoms. The molecule has 1 aliphatic rings. The van der Waals surface area contributed by atoms with Gasteiger partial charge in [0.1, 0.15) is 22.5 Å². The van der Waals surface area contributed by atoms with Gasteiger partial charge in [-0.1, -0.05) is 55.8 Å². The Balaban J connectivity index is 1.85. The van der Waals surface area contributed by atoms with Gasteiger partial charge in [0, 0.05) is 10.4 Å². The Labute approximate surface area is 241 Å². The van der Waals surface area contributed by atoms with E-state index < -0.39 is 45.1 Å². The Bertz CT molecular complexity index is 1560. The van der Waals surface area contributed by atoms with E-state index in [1.165, 1.54) is 22.3 Å². The van der Waals surface area contributed by atoms with Crippen LogP contribution in [0, 0.1) is 5.82 Å². The Hall–Kier alpha value is -3.09. The second kappa shape index (κ2) is 10.7. The summed E-state index contributed by atoms with van der Waals surface area (Å²) >= 11 is 7.21. The van der Waals surface area contributed by atoms with Crippen molar-refractivity contribution in [3.8, 4) is 10.6 Å². The van der Waals surface area contributed by atoms with Crippen LogP contribution in [0.25, 0.3) is 10.6 Å². The average Bonchev–Trinajstić information content (AvgIpc) is 3.30. The number of benzene rings is 2. The van der Waals surface area contributed by atoms with Crippen LogP contribution in [-0.2, 0) is 31.3 Å². The molecule has 3 aromatic rings. The Morgan fingerprint density at radius 3 is 2.38 bits per heavy atom. The van der Waals surface area contributed by atoms with Gasteiger partial charge in [0.05, 0.1) is 28.4 Å². The predicted molar refractivity (Wildman–Crippen MR) is 152 cm³/mol. The number of hydrogen-bond donors (Lipinski definition) is 1. The van der Waals surface area contributed by atoms with E-state index in [0.29, 0.717) is 15.6 Å². The molecule has 2 heterocycles. The van der Waals surface area contributed by atoms with E-state index in [1.807, 2.05) is 20.8 Å². The molecular weight excluding hydrogens is 579 g/mol. The lowest BCUT2D eigenvalue weighted by Gasteiger charge is -2.27. The number of rotatable bonds is 4. The van der Waals surface area contributed by atoms with Crippen LogP contribution in [0.3, 0.4) is 0 Å². The molecule has 0 saturated carbocycles. The van der Waals surface area contributed by atoms with Crippen LogP contribution >= 0.6 is 22.9 Å². The number of carbonyl (C=O) groups is 2. The lowest BCUT2D eigenvalue weighted by atomic mass is 9.98. The third-order valence-electron chi connectivity index (χ3n) is 5.87. The second-order valence-corrected chi connectivity index (χ2v) is 14.9. The molecule has 40 heavy (non-hydrogen) atoms. The first-order valence-electron chi connectivity index (χ1n) is 12.4. The molecule has 0 unspecified atom stereocenters. The van der Waals surface area contributed by atoms with Crippen molar-refractivity contribution in [2.24, 2.45) is 0 Å². The fourth-order valence-corrected chi connectivity index (χ4v) is 6.64. The zero-order valence-corrected chi connectivity index (χ0v) is 25.3. The Morgan fingerprint density at radius 1 is 1.15 bits per heavy atom. The highest BCUT2D eigenvalue weighted by Crippen LogP contribution is 2.39. The van der Waals surface area contributed by atoms with E-state index in [4.69, 9.17) is 16.3 Å². The maximum absolute atomic E-state index is 15.5. The van der Waals surface area contributed by atoms with Crippen molar-refractivity contribution in [1.82, 2.24) is 15.5 Å². The monoisotopic (exact) mass is 608 g/mol. The number of ether oxygens (including phenoxy) is 1. The van der Waals surface area contributed by atoms with E-state index in [9.17, 15) is 18.0 Å². The minimum absolute atomic E-state index is 0.00871. The highest BCUT2D eigenvalue weighted by Gasteiger charge is 2.40. The van der Waals surface area contributed by atoms with E-state index in [1.54, 1.807) is 45.0 Å². The third kappa shape index (κ3) is 6.61. The number of aromatic nitrogens is 2. The van der Waals surface area contributed by atoms with Crippen molar-refractivity contribution in [2.45, 2.75) is 70.0 Å². The SMILES string of the molecule is CC(C)(C)OC(=O)N[C@H]1CS(=O)(=O)c2cc(F)c(-c3nnc(C(C)(C)C)s3)cc2N(Cc2ccc(Cl)cc2)C1=O. The maximum atomic E-state index is 15.5. The lowest BCUT2D eigenvalue weighted by Crippen LogP contribution is -2.51. The molecule has 0 radical (unpaired) electrons. The molecule has 1 aliphatic heterocycles. The number of anilines is 1. The lowest BCUT2D eigenvalue weighted by molar-refractivity contribution is -0.120. The number of fused-ring (bicyclic) bond motifs is 1. The predicted octanol–water partition coefficient (Wildman–Crippen LogP) is 5.51. The molecule has 0 fully saturated rings. The summed E-state index contributed by atoms with van der Waals surface area (Å²) in [5, 5.41) is 12.1. The summed E-state index contributed by atoms with van der Waals surface area (Å²) in [5.74, 6) is -2.30. The van der Waals surface area contributed by atoms with Gasteiger partial charge in [-0.3, -0.25) is 4.79 Å². The number of alkyl carbamates (subject to hydrolysis) is 1. The van der Waals surface area contributed by atoms with Crippen molar-refractivity contribution in [1.29, 1.82) is 0 Å². The molecule has 9 nitrogen and oxygen atoms in total. The number of sulfone groups is 1. The minimum Gasteiger partial charge on any atom is -0.444 e. The molecule has 4 rings (SSSR count). The van der Waals surface area contributed by atoms with Crippen LogP contribution in [-0.4, -0.2) is 48.0 Å². The van der Waals surface area contributed by atoms with Crippen LogP contribution in [0.2, 0.25) is 5.02 Å². The molecule has 1 N–H and O–H groups in total. The molecule has 0 bridgehead atoms. The van der Waals surface area contributed by atoms with Crippen LogP contribution in [0.5, 0.6) is 0 Å². The zero-order valence-electron chi connectivity index (χ0n) is 22.9. The number of hydrogen-bond acceptors (Lipinski definition) is 8. The standard InChI is InChI=1S/C27H30ClFN4O5S2/c1-26(2,3)24-32-31-22(39-24)17-11-20-21(12-18(17)29)40(36,37)14-19(30-25(35)38-27(4,5)6)23(34)33(20)13-15-7-9-16(28)10-8-15/h7-12,19H,13-14H2,1-6H3,(H,30,35)/t19-/m0/s1. The molecular formula is C27H30ClFN4O5S2. The third-order valence-corrected chi connectivity index (χ3v) is 9.27. The normalized spacial score (nSPS) is 17.2.